The molecule has 0 unspecified atom stereocenters. The Bertz CT molecular complexity index is 368. The van der Waals surface area contributed by atoms with Crippen molar-refractivity contribution in [2.75, 3.05) is 13.6 Å². The molecule has 0 saturated heterocycles. The average Bonchev–Trinajstić information content (AvgIpc) is 2.75. The van der Waals surface area contributed by atoms with E-state index in [2.05, 4.69) is 4.98 Å². The van der Waals surface area contributed by atoms with Gasteiger partial charge in [0, 0.05) is 18.8 Å². The lowest BCUT2D eigenvalue weighted by atomic mass is 9.66. The molecule has 1 amide bonds. The Morgan fingerprint density at radius 2 is 2.41 bits per heavy atom. The van der Waals surface area contributed by atoms with Gasteiger partial charge in [-0.25, -0.2) is 4.98 Å². The molecule has 0 spiro atoms. The van der Waals surface area contributed by atoms with Crippen LogP contribution in [-0.4, -0.2) is 29.4 Å². The van der Waals surface area contributed by atoms with Gasteiger partial charge in [0.05, 0.1) is 17.7 Å². The molecule has 1 aliphatic carbocycles. The smallest absolute Gasteiger partial charge is 0.223 e. The highest BCUT2D eigenvalue weighted by molar-refractivity contribution is 7.07. The summed E-state index contributed by atoms with van der Waals surface area (Å²) in [4.78, 5) is 18.0. The molecule has 0 aliphatic heterocycles. The summed E-state index contributed by atoms with van der Waals surface area (Å²) in [5, 5.41) is 1.98. The number of rotatable bonds is 5. The fraction of sp³-hybridized carbons (Fsp3) is 0.667. The number of amides is 1. The predicted molar refractivity (Wildman–Crippen MR) is 68.5 cm³/mol. The molecule has 0 atom stereocenters. The standard InChI is InChI=1S/C12H19N3OS/c1-15(6-10-7-17-9-14-10)11(16)5-12(8-13)3-2-4-12/h7,9H,2-6,8,13H2,1H3. The van der Waals surface area contributed by atoms with Crippen LogP contribution in [0.25, 0.3) is 0 Å². The van der Waals surface area contributed by atoms with E-state index in [0.717, 1.165) is 18.5 Å². The van der Waals surface area contributed by atoms with E-state index in [0.29, 0.717) is 19.5 Å². The molecule has 1 aromatic heterocycles. The lowest BCUT2D eigenvalue weighted by Gasteiger charge is -2.41. The van der Waals surface area contributed by atoms with Gasteiger partial charge in [0.25, 0.3) is 0 Å². The highest BCUT2D eigenvalue weighted by Crippen LogP contribution is 2.43. The first-order valence-corrected chi connectivity index (χ1v) is 6.91. The Morgan fingerprint density at radius 3 is 2.88 bits per heavy atom. The maximum atomic E-state index is 12.1. The Balaban J connectivity index is 1.87. The number of hydrogen-bond acceptors (Lipinski definition) is 4. The Morgan fingerprint density at radius 1 is 1.65 bits per heavy atom. The van der Waals surface area contributed by atoms with Crippen LogP contribution in [0.1, 0.15) is 31.4 Å². The topological polar surface area (TPSA) is 59.2 Å². The van der Waals surface area contributed by atoms with Crippen LogP contribution in [0.5, 0.6) is 0 Å². The largest absolute Gasteiger partial charge is 0.340 e. The van der Waals surface area contributed by atoms with Gasteiger partial charge in [0.15, 0.2) is 0 Å². The maximum absolute atomic E-state index is 12.1. The summed E-state index contributed by atoms with van der Waals surface area (Å²) in [6.07, 6.45) is 3.99. The second-order valence-electron chi connectivity index (χ2n) is 4.96. The summed E-state index contributed by atoms with van der Waals surface area (Å²) < 4.78 is 0. The van der Waals surface area contributed by atoms with Crippen molar-refractivity contribution in [1.29, 1.82) is 0 Å². The van der Waals surface area contributed by atoms with Crippen molar-refractivity contribution in [1.82, 2.24) is 9.88 Å². The molecular formula is C12H19N3OS. The van der Waals surface area contributed by atoms with E-state index in [-0.39, 0.29) is 11.3 Å². The predicted octanol–water partition coefficient (Wildman–Crippen LogP) is 1.62. The van der Waals surface area contributed by atoms with Gasteiger partial charge in [0.1, 0.15) is 0 Å². The molecule has 5 heteroatoms. The van der Waals surface area contributed by atoms with Crippen molar-refractivity contribution in [3.05, 3.63) is 16.6 Å². The average molecular weight is 253 g/mol. The van der Waals surface area contributed by atoms with Crippen LogP contribution in [0.15, 0.2) is 10.9 Å². The minimum Gasteiger partial charge on any atom is -0.340 e. The van der Waals surface area contributed by atoms with Gasteiger partial charge >= 0.3 is 0 Å². The zero-order chi connectivity index (χ0) is 12.3. The highest BCUT2D eigenvalue weighted by atomic mass is 32.1. The van der Waals surface area contributed by atoms with Crippen molar-refractivity contribution < 1.29 is 4.79 Å². The van der Waals surface area contributed by atoms with Crippen LogP contribution in [0.3, 0.4) is 0 Å². The summed E-state index contributed by atoms with van der Waals surface area (Å²) >= 11 is 1.56. The lowest BCUT2D eigenvalue weighted by Crippen LogP contribution is -2.42. The van der Waals surface area contributed by atoms with Gasteiger partial charge in [-0.3, -0.25) is 4.79 Å². The fourth-order valence-electron chi connectivity index (χ4n) is 2.23. The lowest BCUT2D eigenvalue weighted by molar-refractivity contribution is -0.134. The number of nitrogens with two attached hydrogens (primary N) is 1. The van der Waals surface area contributed by atoms with E-state index in [1.54, 1.807) is 21.7 Å². The van der Waals surface area contributed by atoms with Crippen molar-refractivity contribution >= 4 is 17.2 Å². The third-order valence-corrected chi connectivity index (χ3v) is 4.32. The molecular weight excluding hydrogens is 234 g/mol. The molecule has 1 fully saturated rings. The first kappa shape index (κ1) is 12.5. The van der Waals surface area contributed by atoms with Crippen molar-refractivity contribution in [2.24, 2.45) is 11.1 Å². The zero-order valence-corrected chi connectivity index (χ0v) is 11.0. The molecule has 1 aromatic rings. The van der Waals surface area contributed by atoms with E-state index in [9.17, 15) is 4.79 Å². The van der Waals surface area contributed by atoms with Gasteiger partial charge in [-0.1, -0.05) is 6.42 Å². The number of hydrogen-bond donors (Lipinski definition) is 1. The molecule has 4 nitrogen and oxygen atoms in total. The van der Waals surface area contributed by atoms with Gasteiger partial charge in [-0.2, -0.15) is 0 Å². The van der Waals surface area contributed by atoms with E-state index < -0.39 is 0 Å². The maximum Gasteiger partial charge on any atom is 0.223 e. The summed E-state index contributed by atoms with van der Waals surface area (Å²) in [7, 11) is 1.84. The second kappa shape index (κ2) is 5.14. The summed E-state index contributed by atoms with van der Waals surface area (Å²) in [5.74, 6) is 0.183. The number of aromatic nitrogens is 1. The van der Waals surface area contributed by atoms with Crippen molar-refractivity contribution in [3.8, 4) is 0 Å². The normalized spacial score (nSPS) is 17.5. The second-order valence-corrected chi connectivity index (χ2v) is 5.68. The molecule has 2 rings (SSSR count). The summed E-state index contributed by atoms with van der Waals surface area (Å²) in [5.41, 5.74) is 8.61. The van der Waals surface area contributed by atoms with Crippen LogP contribution < -0.4 is 5.73 Å². The molecule has 0 bridgehead atoms. The van der Waals surface area contributed by atoms with E-state index >= 15 is 0 Å². The molecule has 1 aliphatic rings. The number of carbonyl (C=O) groups is 1. The highest BCUT2D eigenvalue weighted by Gasteiger charge is 2.38. The van der Waals surface area contributed by atoms with Crippen molar-refractivity contribution in [2.45, 2.75) is 32.2 Å². The SMILES string of the molecule is CN(Cc1cscn1)C(=O)CC1(CN)CCC1. The van der Waals surface area contributed by atoms with Crippen LogP contribution in [0.2, 0.25) is 0 Å². The van der Waals surface area contributed by atoms with Crippen LogP contribution in [-0.2, 0) is 11.3 Å². The van der Waals surface area contributed by atoms with Crippen LogP contribution in [0.4, 0.5) is 0 Å². The van der Waals surface area contributed by atoms with E-state index in [1.165, 1.54) is 6.42 Å². The first-order chi connectivity index (χ1) is 8.15. The van der Waals surface area contributed by atoms with Crippen LogP contribution >= 0.6 is 11.3 Å². The van der Waals surface area contributed by atoms with E-state index in [1.807, 2.05) is 12.4 Å². The molecule has 1 heterocycles. The Hall–Kier alpha value is -0.940. The van der Waals surface area contributed by atoms with Gasteiger partial charge in [0.2, 0.25) is 5.91 Å². The summed E-state index contributed by atoms with van der Waals surface area (Å²) in [6.45, 7) is 1.23. The zero-order valence-electron chi connectivity index (χ0n) is 10.2. The van der Waals surface area contributed by atoms with Crippen molar-refractivity contribution in [3.63, 3.8) is 0 Å². The molecule has 0 radical (unpaired) electrons. The Kier molecular flexibility index (Phi) is 3.79. The minimum atomic E-state index is 0.0907. The van der Waals surface area contributed by atoms with Gasteiger partial charge in [-0.15, -0.1) is 11.3 Å². The number of thiazole rings is 1. The quantitative estimate of drug-likeness (QED) is 0.867. The third-order valence-electron chi connectivity index (χ3n) is 3.68. The molecule has 2 N–H and O–H groups in total. The molecule has 17 heavy (non-hydrogen) atoms. The molecule has 1 saturated carbocycles. The fourth-order valence-corrected chi connectivity index (χ4v) is 2.78. The van der Waals surface area contributed by atoms with Crippen LogP contribution in [0, 0.1) is 5.41 Å². The minimum absolute atomic E-state index is 0.0907. The van der Waals surface area contributed by atoms with Gasteiger partial charge in [-0.05, 0) is 24.8 Å². The van der Waals surface area contributed by atoms with E-state index in [4.69, 9.17) is 5.73 Å². The molecule has 0 aromatic carbocycles. The summed E-state index contributed by atoms with van der Waals surface area (Å²) in [6, 6.07) is 0. The number of carbonyl (C=O) groups excluding carboxylic acids is 1. The Labute approximate surface area is 106 Å². The van der Waals surface area contributed by atoms with Gasteiger partial charge < -0.3 is 10.6 Å². The third kappa shape index (κ3) is 2.84. The monoisotopic (exact) mass is 253 g/mol. The number of nitrogens with zero attached hydrogens (tertiary/aromatic N) is 2. The molecule has 94 valence electrons. The first-order valence-electron chi connectivity index (χ1n) is 5.96.